The first-order chi connectivity index (χ1) is 12.3. The number of ether oxygens (including phenoxy) is 2. The Bertz CT molecular complexity index is 695. The maximum Gasteiger partial charge on any atom is 0.326 e. The molecule has 10 heteroatoms. The van der Waals surface area contributed by atoms with Crippen LogP contribution < -0.4 is 31.2 Å². The van der Waals surface area contributed by atoms with Crippen LogP contribution in [0.15, 0.2) is 30.5 Å². The summed E-state index contributed by atoms with van der Waals surface area (Å²) in [5, 5.41) is 7.11. The van der Waals surface area contributed by atoms with Crippen LogP contribution in [0.3, 0.4) is 0 Å². The summed E-state index contributed by atoms with van der Waals surface area (Å²) in [7, 11) is 1.49. The van der Waals surface area contributed by atoms with Gasteiger partial charge < -0.3 is 25.8 Å². The predicted octanol–water partition coefficient (Wildman–Crippen LogP) is 0.530. The second-order valence-corrected chi connectivity index (χ2v) is 5.57. The van der Waals surface area contributed by atoms with Gasteiger partial charge in [-0.25, -0.2) is 4.79 Å². The number of hydrogen-bond acceptors (Lipinski definition) is 6. The van der Waals surface area contributed by atoms with Crippen molar-refractivity contribution in [2.75, 3.05) is 20.3 Å². The number of imide groups is 1. The number of nitrogens with two attached hydrogens (primary N) is 1. The van der Waals surface area contributed by atoms with Crippen LogP contribution in [0.5, 0.6) is 11.5 Å². The lowest BCUT2D eigenvalue weighted by atomic mass is 10.3. The van der Waals surface area contributed by atoms with E-state index in [4.69, 9.17) is 26.8 Å². The van der Waals surface area contributed by atoms with E-state index >= 15 is 0 Å². The molecule has 0 unspecified atom stereocenters. The Morgan fingerprint density at radius 3 is 2.62 bits per heavy atom. The zero-order valence-corrected chi connectivity index (χ0v) is 15.2. The Morgan fingerprint density at radius 1 is 1.31 bits per heavy atom. The predicted molar refractivity (Wildman–Crippen MR) is 96.0 cm³/mol. The number of carbonyl (C=O) groups excluding carboxylic acids is 3. The molecule has 9 nitrogen and oxygen atoms in total. The molecule has 1 atom stereocenters. The average molecular weight is 385 g/mol. The van der Waals surface area contributed by atoms with E-state index in [0.29, 0.717) is 16.5 Å². The molecule has 0 saturated heterocycles. The topological polar surface area (TPSA) is 132 Å². The summed E-state index contributed by atoms with van der Waals surface area (Å²) in [5.41, 5.74) is 4.83. The fourth-order valence-electron chi connectivity index (χ4n) is 1.71. The average Bonchev–Trinajstić information content (AvgIpc) is 2.60. The van der Waals surface area contributed by atoms with Crippen LogP contribution in [0.25, 0.3) is 0 Å². The van der Waals surface area contributed by atoms with Crippen molar-refractivity contribution in [2.45, 2.75) is 13.0 Å². The first-order valence-corrected chi connectivity index (χ1v) is 7.91. The molecular weight excluding hydrogens is 364 g/mol. The second kappa shape index (κ2) is 10.3. The number of halogens is 1. The van der Waals surface area contributed by atoms with Crippen molar-refractivity contribution >= 4 is 29.4 Å². The standard InChI is InChI=1S/C16H21ClN4O5/c1-9(8-26-11-4-5-12(17)13(6-11)25-3)19-15(23)10(2)20-16(24)21-14(22)7-18/h4-6,9H,2,7-8,18H2,1,3H3,(H,19,23)(H2,20,21,22,24)/t9-/m1/s1. The first-order valence-electron chi connectivity index (χ1n) is 7.53. The lowest BCUT2D eigenvalue weighted by Gasteiger charge is -2.16. The molecule has 1 rings (SSSR count). The van der Waals surface area contributed by atoms with E-state index in [1.807, 2.05) is 5.32 Å². The molecule has 0 heterocycles. The van der Waals surface area contributed by atoms with Crippen LogP contribution in [-0.4, -0.2) is 44.1 Å². The Labute approximate surface area is 155 Å². The number of hydrogen-bond donors (Lipinski definition) is 4. The van der Waals surface area contributed by atoms with E-state index in [2.05, 4.69) is 17.2 Å². The number of nitrogens with one attached hydrogen (secondary N) is 3. The number of amides is 4. The van der Waals surface area contributed by atoms with Crippen molar-refractivity contribution in [3.63, 3.8) is 0 Å². The van der Waals surface area contributed by atoms with Crippen LogP contribution in [0, 0.1) is 0 Å². The Hall–Kier alpha value is -2.78. The van der Waals surface area contributed by atoms with Crippen molar-refractivity contribution in [3.8, 4) is 11.5 Å². The molecule has 5 N–H and O–H groups in total. The number of rotatable bonds is 8. The van der Waals surface area contributed by atoms with Gasteiger partial charge in [-0.05, 0) is 19.1 Å². The van der Waals surface area contributed by atoms with Crippen LogP contribution in [0.2, 0.25) is 5.02 Å². The summed E-state index contributed by atoms with van der Waals surface area (Å²) < 4.78 is 10.6. The van der Waals surface area contributed by atoms with E-state index in [1.54, 1.807) is 25.1 Å². The molecule has 0 aromatic heterocycles. The molecule has 0 fully saturated rings. The number of methoxy groups -OCH3 is 1. The van der Waals surface area contributed by atoms with Crippen LogP contribution in [-0.2, 0) is 9.59 Å². The fourth-order valence-corrected chi connectivity index (χ4v) is 1.90. The molecular formula is C16H21ClN4O5. The molecule has 142 valence electrons. The van der Waals surface area contributed by atoms with Gasteiger partial charge in [0.15, 0.2) is 0 Å². The normalized spacial score (nSPS) is 11.1. The SMILES string of the molecule is C=C(NC(=O)NC(=O)CN)C(=O)N[C@H](C)COc1ccc(Cl)c(OC)c1. The van der Waals surface area contributed by atoms with Crippen LogP contribution in [0.4, 0.5) is 4.79 Å². The van der Waals surface area contributed by atoms with Gasteiger partial charge >= 0.3 is 6.03 Å². The summed E-state index contributed by atoms with van der Waals surface area (Å²) in [6.07, 6.45) is 0. The molecule has 0 spiro atoms. The van der Waals surface area contributed by atoms with E-state index in [1.165, 1.54) is 7.11 Å². The minimum Gasteiger partial charge on any atom is -0.495 e. The third kappa shape index (κ3) is 6.99. The fraction of sp³-hybridized carbons (Fsp3) is 0.312. The van der Waals surface area contributed by atoms with Gasteiger partial charge in [0.25, 0.3) is 5.91 Å². The van der Waals surface area contributed by atoms with Gasteiger partial charge in [0.1, 0.15) is 23.8 Å². The van der Waals surface area contributed by atoms with E-state index < -0.39 is 23.9 Å². The smallest absolute Gasteiger partial charge is 0.326 e. The summed E-state index contributed by atoms with van der Waals surface area (Å²) >= 11 is 5.93. The summed E-state index contributed by atoms with van der Waals surface area (Å²) in [6, 6.07) is 3.63. The number of benzene rings is 1. The maximum absolute atomic E-state index is 11.9. The molecule has 1 aromatic rings. The molecule has 1 aromatic carbocycles. The Morgan fingerprint density at radius 2 is 2.00 bits per heavy atom. The van der Waals surface area contributed by atoms with Gasteiger partial charge in [-0.2, -0.15) is 0 Å². The molecule has 0 bridgehead atoms. The van der Waals surface area contributed by atoms with Crippen molar-refractivity contribution in [2.24, 2.45) is 5.73 Å². The summed E-state index contributed by atoms with van der Waals surface area (Å²) in [6.45, 7) is 4.94. The van der Waals surface area contributed by atoms with Crippen molar-refractivity contribution in [1.29, 1.82) is 0 Å². The molecule has 0 radical (unpaired) electrons. The highest BCUT2D eigenvalue weighted by Crippen LogP contribution is 2.28. The Balaban J connectivity index is 2.45. The number of carbonyl (C=O) groups is 3. The second-order valence-electron chi connectivity index (χ2n) is 5.17. The van der Waals surface area contributed by atoms with E-state index in [0.717, 1.165) is 0 Å². The highest BCUT2D eigenvalue weighted by molar-refractivity contribution is 6.32. The molecule has 0 aliphatic carbocycles. The highest BCUT2D eigenvalue weighted by atomic mass is 35.5. The van der Waals surface area contributed by atoms with E-state index in [9.17, 15) is 14.4 Å². The third-order valence-corrected chi connectivity index (χ3v) is 3.29. The van der Waals surface area contributed by atoms with Crippen molar-refractivity contribution < 1.29 is 23.9 Å². The van der Waals surface area contributed by atoms with Crippen LogP contribution >= 0.6 is 11.6 Å². The van der Waals surface area contributed by atoms with Gasteiger partial charge in [-0.1, -0.05) is 18.2 Å². The van der Waals surface area contributed by atoms with Gasteiger partial charge in [-0.3, -0.25) is 14.9 Å². The maximum atomic E-state index is 11.9. The van der Waals surface area contributed by atoms with Crippen LogP contribution in [0.1, 0.15) is 6.92 Å². The molecule has 0 saturated carbocycles. The van der Waals surface area contributed by atoms with Crippen molar-refractivity contribution in [1.82, 2.24) is 16.0 Å². The van der Waals surface area contributed by atoms with E-state index in [-0.39, 0.29) is 18.8 Å². The Kier molecular flexibility index (Phi) is 8.40. The monoisotopic (exact) mass is 384 g/mol. The van der Waals surface area contributed by atoms with Gasteiger partial charge in [0.05, 0.1) is 24.7 Å². The molecule has 4 amide bonds. The summed E-state index contributed by atoms with van der Waals surface area (Å²) in [4.78, 5) is 34.3. The van der Waals surface area contributed by atoms with Crippen molar-refractivity contribution in [3.05, 3.63) is 35.5 Å². The minimum atomic E-state index is -0.891. The zero-order valence-electron chi connectivity index (χ0n) is 14.4. The summed E-state index contributed by atoms with van der Waals surface area (Å²) in [5.74, 6) is -0.318. The first kappa shape index (κ1) is 21.3. The molecule has 26 heavy (non-hydrogen) atoms. The third-order valence-electron chi connectivity index (χ3n) is 2.98. The zero-order chi connectivity index (χ0) is 19.7. The lowest BCUT2D eigenvalue weighted by Crippen LogP contribution is -2.46. The largest absolute Gasteiger partial charge is 0.495 e. The van der Waals surface area contributed by atoms with Gasteiger partial charge in [0, 0.05) is 6.07 Å². The lowest BCUT2D eigenvalue weighted by molar-refractivity contribution is -0.119. The molecule has 0 aliphatic rings. The minimum absolute atomic E-state index is 0.154. The van der Waals surface area contributed by atoms with Gasteiger partial charge in [-0.15, -0.1) is 0 Å². The number of urea groups is 1. The molecule has 0 aliphatic heterocycles. The quantitative estimate of drug-likeness (QED) is 0.483. The van der Waals surface area contributed by atoms with Gasteiger partial charge in [0.2, 0.25) is 5.91 Å². The highest BCUT2D eigenvalue weighted by Gasteiger charge is 2.15.